The Balaban J connectivity index is 1.75. The Morgan fingerprint density at radius 2 is 1.94 bits per heavy atom. The summed E-state index contributed by atoms with van der Waals surface area (Å²) in [4.78, 5) is 25.4. The number of nitrogens with one attached hydrogen (secondary N) is 2. The molecule has 3 rings (SSSR count). The zero-order chi connectivity index (χ0) is 22.8. The second-order valence-corrected chi connectivity index (χ2v) is 10.6. The van der Waals surface area contributed by atoms with E-state index in [0.717, 1.165) is 4.90 Å². The number of ether oxygens (including phenoxy) is 2. The molecule has 2 atom stereocenters. The molecule has 10 heteroatoms. The van der Waals surface area contributed by atoms with Crippen LogP contribution < -0.4 is 20.1 Å². The molecule has 0 saturated carbocycles. The van der Waals surface area contributed by atoms with E-state index in [1.165, 1.54) is 45.0 Å². The Kier molecular flexibility index (Phi) is 6.80. The molecule has 0 bridgehead atoms. The molecule has 0 aromatic heterocycles. The number of methoxy groups -OCH3 is 2. The Bertz CT molecular complexity index is 1120. The molecule has 0 radical (unpaired) electrons. The van der Waals surface area contributed by atoms with Gasteiger partial charge in [-0.15, -0.1) is 11.8 Å². The van der Waals surface area contributed by atoms with Crippen LogP contribution in [0.1, 0.15) is 13.8 Å². The molecule has 31 heavy (non-hydrogen) atoms. The molecule has 0 aliphatic carbocycles. The van der Waals surface area contributed by atoms with Gasteiger partial charge in [0.2, 0.25) is 11.8 Å². The highest BCUT2D eigenvalue weighted by Crippen LogP contribution is 2.37. The van der Waals surface area contributed by atoms with Gasteiger partial charge in [-0.1, -0.05) is 6.92 Å². The molecular formula is C21H24N2O6S2. The first-order valence-corrected chi connectivity index (χ1v) is 12.0. The van der Waals surface area contributed by atoms with Crippen molar-refractivity contribution >= 4 is 44.8 Å². The Hall–Kier alpha value is -2.72. The number of benzene rings is 2. The van der Waals surface area contributed by atoms with E-state index in [1.807, 2.05) is 0 Å². The summed E-state index contributed by atoms with van der Waals surface area (Å²) >= 11 is 1.37. The molecule has 1 heterocycles. The van der Waals surface area contributed by atoms with Crippen LogP contribution in [0.4, 0.5) is 11.4 Å². The van der Waals surface area contributed by atoms with Gasteiger partial charge in [0.15, 0.2) is 9.84 Å². The molecule has 2 N–H and O–H groups in total. The molecule has 2 unspecified atom stereocenters. The van der Waals surface area contributed by atoms with Crippen molar-refractivity contribution in [1.29, 1.82) is 0 Å². The molecule has 2 aromatic rings. The third-order valence-corrected chi connectivity index (χ3v) is 7.91. The van der Waals surface area contributed by atoms with Gasteiger partial charge in [-0.05, 0) is 37.3 Å². The van der Waals surface area contributed by atoms with Crippen molar-refractivity contribution in [3.05, 3.63) is 36.4 Å². The number of fused-ring (bicyclic) bond motifs is 1. The van der Waals surface area contributed by atoms with Crippen molar-refractivity contribution in [3.63, 3.8) is 0 Å². The van der Waals surface area contributed by atoms with Crippen LogP contribution in [-0.2, 0) is 19.4 Å². The van der Waals surface area contributed by atoms with Crippen LogP contribution in [0.15, 0.2) is 46.2 Å². The highest BCUT2D eigenvalue weighted by molar-refractivity contribution is 8.01. The standard InChI is InChI=1S/C21H24N2O6S2/c1-12(20(24)22-16-9-14(28-3)5-7-18(16)29-4)11-31(26,27)15-6-8-19-17(10-15)23-21(25)13(2)30-19/h5-10,12-13H,11H2,1-4H3,(H,22,24)(H,23,25). The summed E-state index contributed by atoms with van der Waals surface area (Å²) in [7, 11) is -0.793. The van der Waals surface area contributed by atoms with Crippen LogP contribution in [0.3, 0.4) is 0 Å². The first-order valence-electron chi connectivity index (χ1n) is 9.52. The predicted octanol–water partition coefficient (Wildman–Crippen LogP) is 3.19. The Morgan fingerprint density at radius 3 is 2.61 bits per heavy atom. The monoisotopic (exact) mass is 464 g/mol. The van der Waals surface area contributed by atoms with Crippen LogP contribution >= 0.6 is 11.8 Å². The number of anilines is 2. The van der Waals surface area contributed by atoms with Crippen molar-refractivity contribution in [1.82, 2.24) is 0 Å². The third kappa shape index (κ3) is 5.13. The lowest BCUT2D eigenvalue weighted by atomic mass is 10.2. The maximum Gasteiger partial charge on any atom is 0.237 e. The highest BCUT2D eigenvalue weighted by Gasteiger charge is 2.28. The summed E-state index contributed by atoms with van der Waals surface area (Å²) in [5.41, 5.74) is 0.853. The topological polar surface area (TPSA) is 111 Å². The molecular weight excluding hydrogens is 440 g/mol. The third-order valence-electron chi connectivity index (χ3n) is 4.82. The SMILES string of the molecule is COc1ccc(OC)c(NC(=O)C(C)CS(=O)(=O)c2ccc3c(c2)NC(=O)C(C)S3)c1. The summed E-state index contributed by atoms with van der Waals surface area (Å²) in [6.07, 6.45) is 0. The van der Waals surface area contributed by atoms with Gasteiger partial charge in [0.25, 0.3) is 0 Å². The number of carbonyl (C=O) groups excluding carboxylic acids is 2. The van der Waals surface area contributed by atoms with Gasteiger partial charge < -0.3 is 20.1 Å². The summed E-state index contributed by atoms with van der Waals surface area (Å²) < 4.78 is 36.2. The number of hydrogen-bond donors (Lipinski definition) is 2. The zero-order valence-electron chi connectivity index (χ0n) is 17.6. The molecule has 2 aromatic carbocycles. The van der Waals surface area contributed by atoms with Gasteiger partial charge in [0.05, 0.1) is 41.5 Å². The zero-order valence-corrected chi connectivity index (χ0v) is 19.2. The fraction of sp³-hybridized carbons (Fsp3) is 0.333. The summed E-state index contributed by atoms with van der Waals surface area (Å²) in [6.45, 7) is 3.32. The Morgan fingerprint density at radius 1 is 1.19 bits per heavy atom. The van der Waals surface area contributed by atoms with E-state index < -0.39 is 21.7 Å². The predicted molar refractivity (Wildman–Crippen MR) is 120 cm³/mol. The summed E-state index contributed by atoms with van der Waals surface area (Å²) in [5, 5.41) is 5.18. The second kappa shape index (κ2) is 9.19. The minimum atomic E-state index is -3.77. The largest absolute Gasteiger partial charge is 0.497 e. The van der Waals surface area contributed by atoms with Crippen LogP contribution in [0.25, 0.3) is 0 Å². The quantitative estimate of drug-likeness (QED) is 0.647. The number of thioether (sulfide) groups is 1. The number of hydrogen-bond acceptors (Lipinski definition) is 7. The molecule has 0 saturated heterocycles. The van der Waals surface area contributed by atoms with Gasteiger partial charge in [-0.25, -0.2) is 8.42 Å². The van der Waals surface area contributed by atoms with Crippen molar-refractivity contribution in [3.8, 4) is 11.5 Å². The van der Waals surface area contributed by atoms with Crippen molar-refractivity contribution in [2.45, 2.75) is 28.9 Å². The van der Waals surface area contributed by atoms with Crippen LogP contribution in [0.5, 0.6) is 11.5 Å². The fourth-order valence-corrected chi connectivity index (χ4v) is 5.56. The lowest BCUT2D eigenvalue weighted by Crippen LogP contribution is -2.28. The lowest BCUT2D eigenvalue weighted by molar-refractivity contribution is -0.119. The van der Waals surface area contributed by atoms with Crippen molar-refractivity contribution in [2.24, 2.45) is 5.92 Å². The molecule has 2 amide bonds. The number of rotatable bonds is 7. The second-order valence-electron chi connectivity index (χ2n) is 7.15. The maximum atomic E-state index is 12.9. The van der Waals surface area contributed by atoms with Gasteiger partial charge >= 0.3 is 0 Å². The van der Waals surface area contributed by atoms with E-state index in [9.17, 15) is 18.0 Å². The minimum Gasteiger partial charge on any atom is -0.497 e. The van der Waals surface area contributed by atoms with E-state index in [2.05, 4.69) is 10.6 Å². The van der Waals surface area contributed by atoms with Crippen LogP contribution in [0.2, 0.25) is 0 Å². The number of amides is 2. The first-order chi connectivity index (χ1) is 14.6. The minimum absolute atomic E-state index is 0.0558. The van der Waals surface area contributed by atoms with E-state index in [1.54, 1.807) is 31.2 Å². The lowest BCUT2D eigenvalue weighted by Gasteiger charge is -2.22. The average Bonchev–Trinajstić information content (AvgIpc) is 2.73. The molecule has 1 aliphatic rings. The van der Waals surface area contributed by atoms with Gasteiger partial charge in [0, 0.05) is 16.9 Å². The van der Waals surface area contributed by atoms with Gasteiger partial charge in [-0.2, -0.15) is 0 Å². The average molecular weight is 465 g/mol. The normalized spacial score (nSPS) is 16.6. The van der Waals surface area contributed by atoms with E-state index >= 15 is 0 Å². The maximum absolute atomic E-state index is 12.9. The molecule has 1 aliphatic heterocycles. The Labute approximate surface area is 185 Å². The van der Waals surface area contributed by atoms with Crippen LogP contribution in [0, 0.1) is 5.92 Å². The molecule has 0 fully saturated rings. The van der Waals surface area contributed by atoms with E-state index in [-0.39, 0.29) is 21.8 Å². The van der Waals surface area contributed by atoms with Crippen LogP contribution in [-0.4, -0.2) is 45.5 Å². The first kappa shape index (κ1) is 23.0. The smallest absolute Gasteiger partial charge is 0.237 e. The molecule has 0 spiro atoms. The summed E-state index contributed by atoms with van der Waals surface area (Å²) in [5.74, 6) is -0.902. The fourth-order valence-electron chi connectivity index (χ4n) is 3.05. The van der Waals surface area contributed by atoms with Crippen molar-refractivity contribution < 1.29 is 27.5 Å². The number of carbonyl (C=O) groups is 2. The molecule has 166 valence electrons. The van der Waals surface area contributed by atoms with E-state index in [0.29, 0.717) is 22.9 Å². The highest BCUT2D eigenvalue weighted by atomic mass is 32.2. The van der Waals surface area contributed by atoms with Crippen molar-refractivity contribution in [2.75, 3.05) is 30.6 Å². The van der Waals surface area contributed by atoms with Gasteiger partial charge in [-0.3, -0.25) is 9.59 Å². The summed E-state index contributed by atoms with van der Waals surface area (Å²) in [6, 6.07) is 9.56. The molecule has 8 nitrogen and oxygen atoms in total. The van der Waals surface area contributed by atoms with Gasteiger partial charge in [0.1, 0.15) is 11.5 Å². The number of sulfone groups is 1. The van der Waals surface area contributed by atoms with E-state index in [4.69, 9.17) is 9.47 Å².